The quantitative estimate of drug-likeness (QED) is 0.466. The fraction of sp³-hybridized carbons (Fsp3) is 0.211. The topological polar surface area (TPSA) is 86.7 Å². The van der Waals surface area contributed by atoms with Crippen molar-refractivity contribution in [3.63, 3.8) is 0 Å². The first-order chi connectivity index (χ1) is 12.0. The van der Waals surface area contributed by atoms with Crippen LogP contribution in [0, 0.1) is 0 Å². The van der Waals surface area contributed by atoms with Crippen LogP contribution in [0.25, 0.3) is 0 Å². The third-order valence-electron chi connectivity index (χ3n) is 3.98. The second kappa shape index (κ2) is 8.92. The fourth-order valence-corrected chi connectivity index (χ4v) is 2.75. The van der Waals surface area contributed by atoms with Crippen LogP contribution in [-0.2, 0) is 4.79 Å². The zero-order valence-corrected chi connectivity index (χ0v) is 17.7. The Hall–Kier alpha value is -1.51. The number of rotatable bonds is 6. The molecular weight excluding hydrogens is 361 g/mol. The van der Waals surface area contributed by atoms with E-state index < -0.39 is 23.9 Å². The summed E-state index contributed by atoms with van der Waals surface area (Å²) in [6.45, 7) is 1.72. The Balaban J connectivity index is 0.00000243. The molecule has 3 rings (SSSR count). The van der Waals surface area contributed by atoms with E-state index in [2.05, 4.69) is 0 Å². The van der Waals surface area contributed by atoms with Crippen LogP contribution in [0.5, 0.6) is 5.75 Å². The van der Waals surface area contributed by atoms with Gasteiger partial charge < -0.3 is 14.6 Å². The van der Waals surface area contributed by atoms with Gasteiger partial charge in [-0.1, -0.05) is 24.3 Å². The van der Waals surface area contributed by atoms with Gasteiger partial charge in [0.1, 0.15) is 5.75 Å². The van der Waals surface area contributed by atoms with E-state index >= 15 is 0 Å². The second-order valence-corrected chi connectivity index (χ2v) is 5.80. The number of hydrogen-bond acceptors (Lipinski definition) is 5. The van der Waals surface area contributed by atoms with E-state index in [-0.39, 0.29) is 64.2 Å². The normalized spacial score (nSPS) is 13.8. The predicted molar refractivity (Wildman–Crippen MR) is 88.4 cm³/mol. The number of carbonyl (C=O) groups is 3. The van der Waals surface area contributed by atoms with Crippen molar-refractivity contribution in [2.45, 2.75) is 25.9 Å². The van der Waals surface area contributed by atoms with Crippen molar-refractivity contribution in [1.29, 1.82) is 0 Å². The van der Waals surface area contributed by atoms with Crippen molar-refractivity contribution >= 4 is 23.5 Å². The molecule has 1 aliphatic rings. The van der Waals surface area contributed by atoms with Crippen molar-refractivity contribution in [3.8, 4) is 5.75 Å². The Kier molecular flexibility index (Phi) is 7.13. The van der Waals surface area contributed by atoms with E-state index in [9.17, 15) is 19.5 Å². The van der Waals surface area contributed by atoms with Crippen LogP contribution in [0.15, 0.2) is 48.5 Å². The number of imide groups is 1. The van der Waals surface area contributed by atoms with Crippen LogP contribution in [0.4, 0.5) is 5.69 Å². The molecule has 1 heterocycles. The molecule has 2 amide bonds. The van der Waals surface area contributed by atoms with Gasteiger partial charge in [0.05, 0.1) is 22.9 Å². The second-order valence-electron chi connectivity index (χ2n) is 5.80. The summed E-state index contributed by atoms with van der Waals surface area (Å²) in [5.74, 6) is -1.61. The number of carboxylic acid groups (broad SMARTS) is 1. The molecular formula is C19H16KNO5. The van der Waals surface area contributed by atoms with Crippen LogP contribution >= 0.6 is 0 Å². The van der Waals surface area contributed by atoms with E-state index in [4.69, 9.17) is 4.74 Å². The number of anilines is 1. The molecule has 1 aliphatic heterocycles. The smallest absolute Gasteiger partial charge is 0.550 e. The standard InChI is InChI=1S/C19H17NO5.K/c1-12(10-11-17(21)22)25-16-9-5-4-8-15(16)20-18(23)13-6-2-3-7-14(13)19(20)24;/h2-9,12H,10-11H2,1H3,(H,21,22);/q;+1/p-1. The van der Waals surface area contributed by atoms with Gasteiger partial charge in [-0.25, -0.2) is 4.90 Å². The van der Waals surface area contributed by atoms with Gasteiger partial charge in [-0.15, -0.1) is 0 Å². The van der Waals surface area contributed by atoms with Gasteiger partial charge in [-0.3, -0.25) is 9.59 Å². The molecule has 0 bridgehead atoms. The van der Waals surface area contributed by atoms with E-state index in [1.165, 1.54) is 0 Å². The SMILES string of the molecule is CC(CCC(=O)[O-])Oc1ccccc1N1C(=O)c2ccccc2C1=O.[K+]. The van der Waals surface area contributed by atoms with Gasteiger partial charge in [-0.05, 0) is 44.0 Å². The summed E-state index contributed by atoms with van der Waals surface area (Å²) in [5.41, 5.74) is 1.05. The molecule has 0 N–H and O–H groups in total. The summed E-state index contributed by atoms with van der Waals surface area (Å²) >= 11 is 0. The first-order valence-electron chi connectivity index (χ1n) is 7.92. The fourth-order valence-electron chi connectivity index (χ4n) is 2.75. The van der Waals surface area contributed by atoms with Gasteiger partial charge in [0.15, 0.2) is 0 Å². The maximum Gasteiger partial charge on any atom is 1.00 e. The Bertz CT molecular complexity index is 816. The minimum atomic E-state index is -1.15. The molecule has 0 aromatic heterocycles. The van der Waals surface area contributed by atoms with E-state index in [0.717, 1.165) is 4.90 Å². The number of benzene rings is 2. The Labute approximate surface area is 193 Å². The van der Waals surface area contributed by atoms with Crippen molar-refractivity contribution in [1.82, 2.24) is 0 Å². The summed E-state index contributed by atoms with van der Waals surface area (Å²) in [5, 5.41) is 10.6. The van der Waals surface area contributed by atoms with Crippen LogP contribution < -0.4 is 66.1 Å². The number of carbonyl (C=O) groups excluding carboxylic acids is 3. The molecule has 0 spiro atoms. The summed E-state index contributed by atoms with van der Waals surface area (Å²) < 4.78 is 5.77. The summed E-state index contributed by atoms with van der Waals surface area (Å²) in [6.07, 6.45) is -0.274. The van der Waals surface area contributed by atoms with Gasteiger partial charge in [0.25, 0.3) is 11.8 Å². The first-order valence-corrected chi connectivity index (χ1v) is 7.92. The van der Waals surface area contributed by atoms with Crippen molar-refractivity contribution in [3.05, 3.63) is 59.7 Å². The summed E-state index contributed by atoms with van der Waals surface area (Å²) in [4.78, 5) is 36.9. The van der Waals surface area contributed by atoms with Crippen LogP contribution in [0.2, 0.25) is 0 Å². The molecule has 2 aromatic rings. The molecule has 0 saturated heterocycles. The van der Waals surface area contributed by atoms with Crippen LogP contribution in [0.3, 0.4) is 0 Å². The van der Waals surface area contributed by atoms with Crippen LogP contribution in [-0.4, -0.2) is 23.9 Å². The molecule has 0 saturated carbocycles. The molecule has 128 valence electrons. The molecule has 0 radical (unpaired) electrons. The number of nitrogens with zero attached hydrogens (tertiary/aromatic N) is 1. The van der Waals surface area contributed by atoms with Crippen molar-refractivity contribution < 1.29 is 75.6 Å². The maximum absolute atomic E-state index is 12.6. The number of ether oxygens (including phenoxy) is 1. The van der Waals surface area contributed by atoms with E-state index in [1.807, 2.05) is 0 Å². The zero-order chi connectivity index (χ0) is 18.0. The van der Waals surface area contributed by atoms with E-state index in [0.29, 0.717) is 22.6 Å². The van der Waals surface area contributed by atoms with Gasteiger partial charge in [0, 0.05) is 5.97 Å². The molecule has 0 fully saturated rings. The molecule has 1 unspecified atom stereocenters. The zero-order valence-electron chi connectivity index (χ0n) is 14.6. The molecule has 1 atom stereocenters. The number of amides is 2. The van der Waals surface area contributed by atoms with Crippen molar-refractivity contribution in [2.24, 2.45) is 0 Å². The first kappa shape index (κ1) is 20.8. The number of para-hydroxylation sites is 2. The Morgan fingerprint density at radius 2 is 1.58 bits per heavy atom. The minimum absolute atomic E-state index is 0. The van der Waals surface area contributed by atoms with E-state index in [1.54, 1.807) is 55.5 Å². The molecule has 6 nitrogen and oxygen atoms in total. The average Bonchev–Trinajstić information content (AvgIpc) is 2.85. The van der Waals surface area contributed by atoms with Crippen molar-refractivity contribution in [2.75, 3.05) is 4.90 Å². The minimum Gasteiger partial charge on any atom is -0.550 e. The number of carboxylic acids is 1. The number of hydrogen-bond donors (Lipinski definition) is 0. The Morgan fingerprint density at radius 3 is 2.15 bits per heavy atom. The number of aliphatic carboxylic acids is 1. The van der Waals surface area contributed by atoms with Gasteiger partial charge in [0.2, 0.25) is 0 Å². The largest absolute Gasteiger partial charge is 1.00 e. The Morgan fingerprint density at radius 1 is 1.04 bits per heavy atom. The summed E-state index contributed by atoms with van der Waals surface area (Å²) in [7, 11) is 0. The molecule has 2 aromatic carbocycles. The average molecular weight is 377 g/mol. The number of fused-ring (bicyclic) bond motifs is 1. The van der Waals surface area contributed by atoms with Gasteiger partial charge >= 0.3 is 51.4 Å². The summed E-state index contributed by atoms with van der Waals surface area (Å²) in [6, 6.07) is 13.3. The monoisotopic (exact) mass is 377 g/mol. The third-order valence-corrected chi connectivity index (χ3v) is 3.98. The maximum atomic E-state index is 12.6. The predicted octanol–water partition coefficient (Wildman–Crippen LogP) is -1.21. The molecule has 26 heavy (non-hydrogen) atoms. The molecule has 0 aliphatic carbocycles. The van der Waals surface area contributed by atoms with Crippen LogP contribution in [0.1, 0.15) is 40.5 Å². The molecule has 7 heteroatoms. The van der Waals surface area contributed by atoms with Gasteiger partial charge in [-0.2, -0.15) is 0 Å². The third kappa shape index (κ3) is 4.24.